The number of aliphatic hydroxyl groups excluding tert-OH is 2. The fourth-order valence-electron chi connectivity index (χ4n) is 11.0. The Balaban J connectivity index is 1.31. The first kappa shape index (κ1) is 51.3. The molecule has 0 aromatic heterocycles. The summed E-state index contributed by atoms with van der Waals surface area (Å²) in [5.74, 6) is 0.125. The van der Waals surface area contributed by atoms with Crippen molar-refractivity contribution in [1.82, 2.24) is 4.90 Å². The standard InChI is InChI=1S/C57H73N3O9/c1-4-6-7-8-9-10-11-12-13-24-54(63)59(3)53-39-51(58-67-40-41-25-28-45(29-26-41)60(64)65)49-37-44(22-16-18-33-61)48(23-17-19-34-62)55-50-38-47(68-46-30-27-42-20-14-15-21-43(42)36-46)31-32-52(50)69-57(53,56(49)55)66-35-5-2/h5,14-15,20-21,25-32,36-38,44,48,53,55-56,61-62H,2,4,6-13,16-19,22-24,33-35,39-40H2,1,3H3/t44-,48+,53-,55+,56+,57+/m0/s1. The molecule has 2 N–H and O–H groups in total. The molecule has 0 radical (unpaired) electrons. The van der Waals surface area contributed by atoms with E-state index in [9.17, 15) is 25.1 Å². The van der Waals surface area contributed by atoms with Crippen LogP contribution in [0, 0.1) is 27.9 Å². The van der Waals surface area contributed by atoms with Crippen LogP contribution >= 0.6 is 0 Å². The Labute approximate surface area is 408 Å². The molecule has 3 aliphatic rings. The van der Waals surface area contributed by atoms with E-state index in [0.717, 1.165) is 72.4 Å². The number of non-ortho nitro benzene ring substituents is 1. The van der Waals surface area contributed by atoms with Crippen LogP contribution in [0.3, 0.4) is 0 Å². The molecule has 12 nitrogen and oxygen atoms in total. The maximum absolute atomic E-state index is 14.6. The number of nitro benzene ring substituents is 1. The Kier molecular flexibility index (Phi) is 18.8. The predicted octanol–water partition coefficient (Wildman–Crippen LogP) is 12.8. The highest BCUT2D eigenvalue weighted by atomic mass is 16.7. The van der Waals surface area contributed by atoms with Crippen LogP contribution in [0.1, 0.15) is 133 Å². The van der Waals surface area contributed by atoms with Gasteiger partial charge in [0.05, 0.1) is 23.2 Å². The van der Waals surface area contributed by atoms with E-state index in [1.165, 1.54) is 50.7 Å². The molecule has 1 heterocycles. The number of oxime groups is 1. The highest BCUT2D eigenvalue weighted by molar-refractivity contribution is 6.03. The Morgan fingerprint density at radius 1 is 0.870 bits per heavy atom. The highest BCUT2D eigenvalue weighted by Gasteiger charge is 2.65. The number of amides is 1. The van der Waals surface area contributed by atoms with Gasteiger partial charge in [0.25, 0.3) is 5.69 Å². The van der Waals surface area contributed by atoms with Crippen molar-refractivity contribution >= 4 is 28.1 Å². The first-order valence-corrected chi connectivity index (χ1v) is 25.6. The number of carbonyl (C=O) groups is 1. The molecule has 69 heavy (non-hydrogen) atoms. The average Bonchev–Trinajstić information content (AvgIpc) is 3.36. The lowest BCUT2D eigenvalue weighted by molar-refractivity contribution is -0.384. The molecular weight excluding hydrogens is 871 g/mol. The molecular formula is C57H73N3O9. The van der Waals surface area contributed by atoms with Gasteiger partial charge in [-0.2, -0.15) is 0 Å². The molecule has 1 saturated carbocycles. The normalized spacial score (nSPS) is 22.0. The van der Waals surface area contributed by atoms with Crippen molar-refractivity contribution in [2.45, 2.75) is 140 Å². The highest BCUT2D eigenvalue weighted by Crippen LogP contribution is 2.62. The van der Waals surface area contributed by atoms with Gasteiger partial charge in [0.1, 0.15) is 29.9 Å². The summed E-state index contributed by atoms with van der Waals surface area (Å²) in [6.07, 6.45) is 19.6. The van der Waals surface area contributed by atoms with E-state index in [4.69, 9.17) is 24.2 Å². The first-order valence-electron chi connectivity index (χ1n) is 25.6. The fourth-order valence-corrected chi connectivity index (χ4v) is 11.0. The number of carbonyl (C=O) groups excluding carboxylic acids is 1. The quantitative estimate of drug-likeness (QED) is 0.0245. The van der Waals surface area contributed by atoms with Gasteiger partial charge in [-0.05, 0) is 108 Å². The zero-order chi connectivity index (χ0) is 48.6. The van der Waals surface area contributed by atoms with Crippen molar-refractivity contribution < 1.29 is 39.0 Å². The topological polar surface area (TPSA) is 153 Å². The van der Waals surface area contributed by atoms with Gasteiger partial charge in [0.2, 0.25) is 11.7 Å². The Morgan fingerprint density at radius 2 is 1.55 bits per heavy atom. The monoisotopic (exact) mass is 944 g/mol. The molecule has 1 amide bonds. The van der Waals surface area contributed by atoms with Gasteiger partial charge in [-0.1, -0.05) is 119 Å². The number of rotatable bonds is 28. The van der Waals surface area contributed by atoms with Crippen molar-refractivity contribution in [3.8, 4) is 17.2 Å². The molecule has 0 unspecified atom stereocenters. The molecule has 12 heteroatoms. The molecule has 7 rings (SSSR count). The lowest BCUT2D eigenvalue weighted by Gasteiger charge is -2.59. The second-order valence-electron chi connectivity index (χ2n) is 19.2. The number of nitrogens with zero attached hydrogens (tertiary/aromatic N) is 3. The summed E-state index contributed by atoms with van der Waals surface area (Å²) < 4.78 is 21.1. The molecule has 1 aliphatic heterocycles. The zero-order valence-corrected chi connectivity index (χ0v) is 40.8. The fraction of sp³-hybridized carbons (Fsp3) is 0.509. The molecule has 6 atom stereocenters. The minimum Gasteiger partial charge on any atom is -0.459 e. The minimum absolute atomic E-state index is 0.00497. The number of hydrogen-bond donors (Lipinski definition) is 2. The van der Waals surface area contributed by atoms with Crippen molar-refractivity contribution in [2.24, 2.45) is 22.9 Å². The number of nitro groups is 1. The van der Waals surface area contributed by atoms with E-state index in [2.05, 4.69) is 43.8 Å². The molecule has 4 aromatic carbocycles. The van der Waals surface area contributed by atoms with Gasteiger partial charge in [-0.25, -0.2) is 0 Å². The third-order valence-electron chi connectivity index (χ3n) is 14.5. The van der Waals surface area contributed by atoms with Crippen LogP contribution < -0.4 is 9.47 Å². The maximum atomic E-state index is 14.6. The number of fused-ring (bicyclic) bond motifs is 3. The minimum atomic E-state index is -1.36. The smallest absolute Gasteiger partial charge is 0.269 e. The second-order valence-corrected chi connectivity index (χ2v) is 19.2. The van der Waals surface area contributed by atoms with Crippen molar-refractivity contribution in [2.75, 3.05) is 26.9 Å². The van der Waals surface area contributed by atoms with Gasteiger partial charge < -0.3 is 34.2 Å². The number of unbranched alkanes of at least 4 members (excludes halogenated alkanes) is 10. The number of hydrogen-bond acceptors (Lipinski definition) is 10. The van der Waals surface area contributed by atoms with Crippen LogP contribution in [0.15, 0.2) is 114 Å². The van der Waals surface area contributed by atoms with Gasteiger partial charge in [0, 0.05) is 56.7 Å². The predicted molar refractivity (Wildman–Crippen MR) is 271 cm³/mol. The van der Waals surface area contributed by atoms with E-state index >= 15 is 0 Å². The third kappa shape index (κ3) is 12.6. The SMILES string of the molecule is C=CCO[C@@]12Oc3ccc(Oc4ccc5ccccc5c4)cc3[C@H]3[C@H](CCCCO)[C@@H](CCCCO)C=C(C(=NOCc4ccc([N+](=O)[O-])cc4)C[C@@H]1N(C)C(=O)CCCCCCCCCCC)[C@H]32. The van der Waals surface area contributed by atoms with Crippen LogP contribution in [0.25, 0.3) is 10.8 Å². The van der Waals surface area contributed by atoms with Gasteiger partial charge in [0.15, 0.2) is 0 Å². The molecule has 0 saturated heterocycles. The first-order chi connectivity index (χ1) is 33.7. The molecule has 4 aromatic rings. The van der Waals surface area contributed by atoms with Crippen molar-refractivity contribution in [3.63, 3.8) is 0 Å². The van der Waals surface area contributed by atoms with Crippen LogP contribution in [0.4, 0.5) is 5.69 Å². The number of benzene rings is 4. The Bertz CT molecular complexity index is 2380. The molecule has 370 valence electrons. The average molecular weight is 944 g/mol. The number of aliphatic hydroxyl groups is 2. The summed E-state index contributed by atoms with van der Waals surface area (Å²) >= 11 is 0. The zero-order valence-electron chi connectivity index (χ0n) is 40.8. The molecule has 0 spiro atoms. The van der Waals surface area contributed by atoms with E-state index in [-0.39, 0.29) is 62.2 Å². The summed E-state index contributed by atoms with van der Waals surface area (Å²) in [7, 11) is 1.86. The number of ether oxygens (including phenoxy) is 3. The van der Waals surface area contributed by atoms with E-state index < -0.39 is 22.7 Å². The molecule has 0 bridgehead atoms. The van der Waals surface area contributed by atoms with E-state index in [0.29, 0.717) is 42.2 Å². The summed E-state index contributed by atoms with van der Waals surface area (Å²) in [5.41, 5.74) is 3.31. The number of allylic oxidation sites excluding steroid dienone is 1. The summed E-state index contributed by atoms with van der Waals surface area (Å²) in [4.78, 5) is 33.5. The largest absolute Gasteiger partial charge is 0.459 e. The van der Waals surface area contributed by atoms with Crippen molar-refractivity contribution in [3.05, 3.63) is 130 Å². The van der Waals surface area contributed by atoms with Crippen LogP contribution in [-0.2, 0) is 21.0 Å². The van der Waals surface area contributed by atoms with Crippen LogP contribution in [0.5, 0.6) is 17.2 Å². The second kappa shape index (κ2) is 25.3. The molecule has 1 fully saturated rings. The third-order valence-corrected chi connectivity index (χ3v) is 14.5. The van der Waals surface area contributed by atoms with Gasteiger partial charge in [-0.15, -0.1) is 6.58 Å². The molecule has 2 aliphatic carbocycles. The lowest BCUT2D eigenvalue weighted by atomic mass is 9.55. The lowest BCUT2D eigenvalue weighted by Crippen LogP contribution is -2.69. The summed E-state index contributed by atoms with van der Waals surface area (Å²) in [6.45, 7) is 6.73. The Hall–Kier alpha value is -5.56. The number of likely N-dealkylation sites (N-methyl/N-ethyl adjacent to an activating group) is 1. The summed E-state index contributed by atoms with van der Waals surface area (Å²) in [5, 5.41) is 38.5. The Morgan fingerprint density at radius 3 is 2.26 bits per heavy atom. The van der Waals surface area contributed by atoms with Crippen LogP contribution in [0.2, 0.25) is 0 Å². The van der Waals surface area contributed by atoms with Crippen molar-refractivity contribution in [1.29, 1.82) is 0 Å². The maximum Gasteiger partial charge on any atom is 0.269 e. The van der Waals surface area contributed by atoms with Gasteiger partial charge in [-0.3, -0.25) is 14.9 Å². The van der Waals surface area contributed by atoms with E-state index in [1.54, 1.807) is 18.2 Å². The van der Waals surface area contributed by atoms with Crippen LogP contribution in [-0.4, -0.2) is 70.4 Å². The summed E-state index contributed by atoms with van der Waals surface area (Å²) in [6, 6.07) is 25.9. The van der Waals surface area contributed by atoms with E-state index in [1.807, 2.05) is 48.3 Å². The van der Waals surface area contributed by atoms with Gasteiger partial charge >= 0.3 is 0 Å².